The molecule has 0 saturated carbocycles. The van der Waals surface area contributed by atoms with E-state index in [1.54, 1.807) is 0 Å². The van der Waals surface area contributed by atoms with Crippen LogP contribution in [0.5, 0.6) is 11.5 Å². The molecular weight excluding hydrogens is 453 g/mol. The fourth-order valence-corrected chi connectivity index (χ4v) is 5.10. The van der Waals surface area contributed by atoms with E-state index in [2.05, 4.69) is 5.32 Å². The number of amides is 2. The van der Waals surface area contributed by atoms with Crippen LogP contribution in [0.2, 0.25) is 0 Å². The number of anilines is 1. The van der Waals surface area contributed by atoms with Crippen LogP contribution in [0.1, 0.15) is 13.3 Å². The number of fused-ring (bicyclic) bond motifs is 1. The van der Waals surface area contributed by atoms with Crippen LogP contribution in [0.3, 0.4) is 0 Å². The highest BCUT2D eigenvalue weighted by atomic mass is 32.2. The predicted molar refractivity (Wildman–Crippen MR) is 117 cm³/mol. The smallest absolute Gasteiger partial charge is 0.265 e. The third-order valence-electron chi connectivity index (χ3n) is 5.55. The maximum atomic E-state index is 13.1. The summed E-state index contributed by atoms with van der Waals surface area (Å²) in [5.41, 5.74) is 0.317. The molecule has 1 fully saturated rings. The van der Waals surface area contributed by atoms with E-state index in [-0.39, 0.29) is 49.5 Å². The van der Waals surface area contributed by atoms with E-state index >= 15 is 0 Å². The molecule has 176 valence electrons. The molecule has 2 aromatic carbocycles. The van der Waals surface area contributed by atoms with Crippen molar-refractivity contribution in [1.82, 2.24) is 9.21 Å². The first kappa shape index (κ1) is 23.0. The van der Waals surface area contributed by atoms with Crippen molar-refractivity contribution >= 4 is 27.5 Å². The lowest BCUT2D eigenvalue weighted by molar-refractivity contribution is -0.134. The Balaban J connectivity index is 1.36. The molecule has 4 rings (SSSR count). The van der Waals surface area contributed by atoms with Crippen LogP contribution in [0.4, 0.5) is 10.1 Å². The molecule has 1 N–H and O–H groups in total. The molecule has 9 nitrogen and oxygen atoms in total. The Labute approximate surface area is 191 Å². The summed E-state index contributed by atoms with van der Waals surface area (Å²) in [6.07, 6.45) is -0.0962. The average Bonchev–Trinajstić information content (AvgIpc) is 2.82. The summed E-state index contributed by atoms with van der Waals surface area (Å²) >= 11 is 0. The van der Waals surface area contributed by atoms with Crippen molar-refractivity contribution in [2.75, 3.05) is 38.1 Å². The molecule has 0 unspecified atom stereocenters. The van der Waals surface area contributed by atoms with Crippen molar-refractivity contribution in [2.24, 2.45) is 0 Å². The quantitative estimate of drug-likeness (QED) is 0.681. The Bertz CT molecular complexity index is 1150. The Hall–Kier alpha value is -3.18. The Morgan fingerprint density at radius 3 is 2.52 bits per heavy atom. The number of nitrogens with zero attached hydrogens (tertiary/aromatic N) is 2. The summed E-state index contributed by atoms with van der Waals surface area (Å²) in [6.45, 7) is 2.29. The lowest BCUT2D eigenvalue weighted by atomic mass is 10.2. The van der Waals surface area contributed by atoms with Gasteiger partial charge >= 0.3 is 0 Å². The first-order valence-electron chi connectivity index (χ1n) is 10.6. The first-order chi connectivity index (χ1) is 15.8. The van der Waals surface area contributed by atoms with E-state index in [0.29, 0.717) is 23.6 Å². The van der Waals surface area contributed by atoms with Crippen LogP contribution >= 0.6 is 0 Å². The highest BCUT2D eigenvalue weighted by molar-refractivity contribution is 7.89. The van der Waals surface area contributed by atoms with Gasteiger partial charge < -0.3 is 19.7 Å². The minimum Gasteiger partial charge on any atom is -0.484 e. The van der Waals surface area contributed by atoms with Gasteiger partial charge in [-0.15, -0.1) is 0 Å². The average molecular weight is 478 g/mol. The van der Waals surface area contributed by atoms with E-state index in [1.807, 2.05) is 6.92 Å². The summed E-state index contributed by atoms with van der Waals surface area (Å²) in [5.74, 6) is -0.188. The van der Waals surface area contributed by atoms with Gasteiger partial charge in [0.25, 0.3) is 11.8 Å². The molecule has 0 aromatic heterocycles. The van der Waals surface area contributed by atoms with Crippen molar-refractivity contribution in [1.29, 1.82) is 0 Å². The van der Waals surface area contributed by atoms with Crippen molar-refractivity contribution in [2.45, 2.75) is 24.3 Å². The minimum atomic E-state index is -3.82. The maximum Gasteiger partial charge on any atom is 0.265 e. The molecule has 2 heterocycles. The number of hydrogen-bond donors (Lipinski definition) is 1. The maximum absolute atomic E-state index is 13.1. The van der Waals surface area contributed by atoms with E-state index in [4.69, 9.17) is 9.47 Å². The molecule has 11 heteroatoms. The Morgan fingerprint density at radius 2 is 1.85 bits per heavy atom. The van der Waals surface area contributed by atoms with Crippen LogP contribution < -0.4 is 14.8 Å². The largest absolute Gasteiger partial charge is 0.484 e. The highest BCUT2D eigenvalue weighted by Gasteiger charge is 2.32. The molecular formula is C22H24FN3O6S. The van der Waals surface area contributed by atoms with Crippen molar-refractivity contribution < 1.29 is 31.9 Å². The van der Waals surface area contributed by atoms with E-state index in [0.717, 1.165) is 0 Å². The molecule has 2 aliphatic rings. The molecule has 0 radical (unpaired) electrons. The zero-order chi connectivity index (χ0) is 23.6. The number of rotatable bonds is 6. The van der Waals surface area contributed by atoms with Gasteiger partial charge in [-0.3, -0.25) is 9.59 Å². The first-order valence-corrected chi connectivity index (χ1v) is 12.0. The van der Waals surface area contributed by atoms with E-state index < -0.39 is 21.9 Å². The number of carbonyl (C=O) groups is 2. The van der Waals surface area contributed by atoms with Crippen LogP contribution in [-0.4, -0.2) is 68.3 Å². The van der Waals surface area contributed by atoms with Crippen molar-refractivity contribution in [3.8, 4) is 11.5 Å². The van der Waals surface area contributed by atoms with Gasteiger partial charge in [0, 0.05) is 26.2 Å². The molecule has 0 spiro atoms. The molecule has 1 saturated heterocycles. The second-order valence-corrected chi connectivity index (χ2v) is 9.63. The van der Waals surface area contributed by atoms with Crippen LogP contribution in [0.25, 0.3) is 0 Å². The number of nitrogens with one attached hydrogen (secondary N) is 1. The summed E-state index contributed by atoms with van der Waals surface area (Å²) < 4.78 is 51.5. The minimum absolute atomic E-state index is 0.0412. The number of piperazine rings is 1. The summed E-state index contributed by atoms with van der Waals surface area (Å²) in [7, 11) is -3.82. The number of halogens is 1. The predicted octanol–water partition coefficient (Wildman–Crippen LogP) is 1.85. The van der Waals surface area contributed by atoms with E-state index in [9.17, 15) is 22.4 Å². The molecule has 33 heavy (non-hydrogen) atoms. The molecule has 2 amide bonds. The fraction of sp³-hybridized carbons (Fsp3) is 0.364. The molecule has 2 aliphatic heterocycles. The lowest BCUT2D eigenvalue weighted by Gasteiger charge is -2.34. The monoisotopic (exact) mass is 477 g/mol. The van der Waals surface area contributed by atoms with Crippen LogP contribution in [0.15, 0.2) is 47.4 Å². The molecule has 0 aliphatic carbocycles. The van der Waals surface area contributed by atoms with E-state index in [1.165, 1.54) is 51.7 Å². The van der Waals surface area contributed by atoms with Gasteiger partial charge in [-0.2, -0.15) is 4.31 Å². The second-order valence-electron chi connectivity index (χ2n) is 7.69. The fourth-order valence-electron chi connectivity index (χ4n) is 3.65. The summed E-state index contributed by atoms with van der Waals surface area (Å²) in [6, 6.07) is 9.72. The zero-order valence-corrected chi connectivity index (χ0v) is 18.8. The van der Waals surface area contributed by atoms with Crippen molar-refractivity contribution in [3.63, 3.8) is 0 Å². The molecule has 0 bridgehead atoms. The second kappa shape index (κ2) is 9.36. The molecule has 2 aromatic rings. The summed E-state index contributed by atoms with van der Waals surface area (Å²) in [5, 5.41) is 2.69. The highest BCUT2D eigenvalue weighted by Crippen LogP contribution is 2.33. The lowest BCUT2D eigenvalue weighted by Crippen LogP contribution is -2.51. The van der Waals surface area contributed by atoms with Crippen LogP contribution in [-0.2, 0) is 19.6 Å². The standard InChI is InChI=1S/C22H24FN3O6S/c1-2-19-22(28)24-18-13-17(7-8-20(18)32-19)33(29,30)26-11-9-25(10-12-26)21(27)14-31-16-5-3-15(23)4-6-16/h3-8,13,19H,2,9-12,14H2,1H3,(H,24,28)/t19-/m0/s1. The third-order valence-corrected chi connectivity index (χ3v) is 7.44. The Kier molecular flexibility index (Phi) is 6.52. The number of carbonyl (C=O) groups excluding carboxylic acids is 2. The van der Waals surface area contributed by atoms with Gasteiger partial charge in [0.05, 0.1) is 10.6 Å². The number of sulfonamides is 1. The van der Waals surface area contributed by atoms with Crippen LogP contribution in [0, 0.1) is 5.82 Å². The third kappa shape index (κ3) is 4.93. The zero-order valence-electron chi connectivity index (χ0n) is 18.0. The van der Waals surface area contributed by atoms with Gasteiger partial charge in [0.2, 0.25) is 10.0 Å². The molecule has 1 atom stereocenters. The topological polar surface area (TPSA) is 105 Å². The number of benzene rings is 2. The normalized spacial score (nSPS) is 18.8. The number of ether oxygens (including phenoxy) is 2. The van der Waals surface area contributed by atoms with Gasteiger partial charge in [-0.05, 0) is 48.9 Å². The van der Waals surface area contributed by atoms with Gasteiger partial charge in [-0.1, -0.05) is 6.92 Å². The SMILES string of the molecule is CC[C@@H]1Oc2ccc(S(=O)(=O)N3CCN(C(=O)COc4ccc(F)cc4)CC3)cc2NC1=O. The van der Waals surface area contributed by atoms with Gasteiger partial charge in [0.15, 0.2) is 12.7 Å². The van der Waals surface area contributed by atoms with Crippen molar-refractivity contribution in [3.05, 3.63) is 48.3 Å². The number of hydrogen-bond acceptors (Lipinski definition) is 6. The van der Waals surface area contributed by atoms with Gasteiger partial charge in [-0.25, -0.2) is 12.8 Å². The van der Waals surface area contributed by atoms with Gasteiger partial charge in [0.1, 0.15) is 17.3 Å². The Morgan fingerprint density at radius 1 is 1.15 bits per heavy atom. The summed E-state index contributed by atoms with van der Waals surface area (Å²) in [4.78, 5) is 26.0.